The standard InChI is InChI=1S/C27H26N4O3/c1-3-17-34-25-15-9-20(10-16-25)26-22(19-31(30-26)23-7-5-4-6-8-23)18-28-29-27(32)21-11-13-24(33-2)14-12-21/h4-16,18-19H,3,17H2,1-2H3,(H,29,32)/b28-18+. The highest BCUT2D eigenvalue weighted by molar-refractivity contribution is 5.95. The smallest absolute Gasteiger partial charge is 0.271 e. The van der Waals surface area contributed by atoms with Crippen molar-refractivity contribution >= 4 is 12.1 Å². The SMILES string of the molecule is CCCOc1ccc(-c2nn(-c3ccccc3)cc2/C=N/NC(=O)c2ccc(OC)cc2)cc1. The van der Waals surface area contributed by atoms with Gasteiger partial charge in [-0.2, -0.15) is 10.2 Å². The normalized spacial score (nSPS) is 10.9. The van der Waals surface area contributed by atoms with E-state index in [9.17, 15) is 4.79 Å². The summed E-state index contributed by atoms with van der Waals surface area (Å²) in [7, 11) is 1.58. The minimum atomic E-state index is -0.312. The summed E-state index contributed by atoms with van der Waals surface area (Å²) in [5.41, 5.74) is 6.42. The lowest BCUT2D eigenvalue weighted by atomic mass is 10.1. The molecule has 0 unspecified atom stereocenters. The van der Waals surface area contributed by atoms with Gasteiger partial charge in [-0.1, -0.05) is 25.1 Å². The Kier molecular flexibility index (Phi) is 7.35. The summed E-state index contributed by atoms with van der Waals surface area (Å²) < 4.78 is 12.6. The van der Waals surface area contributed by atoms with Crippen molar-refractivity contribution in [3.63, 3.8) is 0 Å². The molecule has 0 aliphatic rings. The highest BCUT2D eigenvalue weighted by Gasteiger charge is 2.12. The number of carbonyl (C=O) groups excluding carboxylic acids is 1. The van der Waals surface area contributed by atoms with Gasteiger partial charge in [0, 0.05) is 22.9 Å². The van der Waals surface area contributed by atoms with Gasteiger partial charge in [0.1, 0.15) is 17.2 Å². The Morgan fingerprint density at radius 1 is 1.00 bits per heavy atom. The summed E-state index contributed by atoms with van der Waals surface area (Å²) in [6.45, 7) is 2.75. The van der Waals surface area contributed by atoms with Gasteiger partial charge in [0.15, 0.2) is 0 Å². The van der Waals surface area contributed by atoms with Crippen LogP contribution in [0.4, 0.5) is 0 Å². The topological polar surface area (TPSA) is 77.7 Å². The molecule has 4 aromatic rings. The average molecular weight is 455 g/mol. The molecule has 1 heterocycles. The molecule has 4 rings (SSSR count). The van der Waals surface area contributed by atoms with Gasteiger partial charge < -0.3 is 9.47 Å². The predicted octanol–water partition coefficient (Wildman–Crippen LogP) is 5.10. The van der Waals surface area contributed by atoms with E-state index in [2.05, 4.69) is 17.5 Å². The van der Waals surface area contributed by atoms with E-state index < -0.39 is 0 Å². The Balaban J connectivity index is 1.58. The third-order valence-corrected chi connectivity index (χ3v) is 5.09. The lowest BCUT2D eigenvalue weighted by Gasteiger charge is -2.05. The van der Waals surface area contributed by atoms with Gasteiger partial charge in [-0.05, 0) is 67.1 Å². The number of hydrazone groups is 1. The zero-order chi connectivity index (χ0) is 23.8. The van der Waals surface area contributed by atoms with Gasteiger partial charge in [0.2, 0.25) is 0 Å². The van der Waals surface area contributed by atoms with E-state index in [1.54, 1.807) is 42.3 Å². The molecule has 0 spiro atoms. The second-order valence-electron chi connectivity index (χ2n) is 7.51. The number of hydrogen-bond acceptors (Lipinski definition) is 5. The zero-order valence-electron chi connectivity index (χ0n) is 19.1. The van der Waals surface area contributed by atoms with Crippen molar-refractivity contribution in [3.05, 3.63) is 96.2 Å². The molecular weight excluding hydrogens is 428 g/mol. The van der Waals surface area contributed by atoms with E-state index in [1.807, 2.05) is 60.8 Å². The number of carbonyl (C=O) groups is 1. The summed E-state index contributed by atoms with van der Waals surface area (Å²) in [6, 6.07) is 24.5. The average Bonchev–Trinajstić information content (AvgIpc) is 3.32. The van der Waals surface area contributed by atoms with Crippen LogP contribution in [0.5, 0.6) is 11.5 Å². The van der Waals surface area contributed by atoms with Crippen molar-refractivity contribution in [2.75, 3.05) is 13.7 Å². The fourth-order valence-electron chi connectivity index (χ4n) is 3.32. The minimum absolute atomic E-state index is 0.312. The molecule has 1 amide bonds. The number of rotatable bonds is 9. The quantitative estimate of drug-likeness (QED) is 0.282. The molecule has 3 aromatic carbocycles. The second kappa shape index (κ2) is 11.0. The van der Waals surface area contributed by atoms with Crippen LogP contribution < -0.4 is 14.9 Å². The predicted molar refractivity (Wildman–Crippen MR) is 133 cm³/mol. The van der Waals surface area contributed by atoms with Gasteiger partial charge >= 0.3 is 0 Å². The van der Waals surface area contributed by atoms with Crippen molar-refractivity contribution in [2.45, 2.75) is 13.3 Å². The van der Waals surface area contributed by atoms with Crippen molar-refractivity contribution in [1.29, 1.82) is 0 Å². The van der Waals surface area contributed by atoms with Crippen molar-refractivity contribution in [2.24, 2.45) is 5.10 Å². The molecule has 0 saturated carbocycles. The number of benzene rings is 3. The maximum absolute atomic E-state index is 12.4. The van der Waals surface area contributed by atoms with E-state index in [0.29, 0.717) is 17.9 Å². The lowest BCUT2D eigenvalue weighted by Crippen LogP contribution is -2.17. The Morgan fingerprint density at radius 3 is 2.38 bits per heavy atom. The highest BCUT2D eigenvalue weighted by Crippen LogP contribution is 2.25. The zero-order valence-corrected chi connectivity index (χ0v) is 19.1. The molecular formula is C27H26N4O3. The molecule has 1 aromatic heterocycles. The number of hydrogen-bond donors (Lipinski definition) is 1. The van der Waals surface area contributed by atoms with Crippen LogP contribution in [0.15, 0.2) is 90.2 Å². The van der Waals surface area contributed by atoms with E-state index >= 15 is 0 Å². The van der Waals surface area contributed by atoms with Crippen LogP contribution in [0.25, 0.3) is 16.9 Å². The molecule has 7 nitrogen and oxygen atoms in total. The van der Waals surface area contributed by atoms with Gasteiger partial charge in [-0.3, -0.25) is 4.79 Å². The lowest BCUT2D eigenvalue weighted by molar-refractivity contribution is 0.0955. The van der Waals surface area contributed by atoms with Crippen LogP contribution in [0.2, 0.25) is 0 Å². The second-order valence-corrected chi connectivity index (χ2v) is 7.51. The van der Waals surface area contributed by atoms with E-state index in [0.717, 1.165) is 34.7 Å². The van der Waals surface area contributed by atoms with Crippen LogP contribution in [-0.4, -0.2) is 35.6 Å². The van der Waals surface area contributed by atoms with Crippen molar-refractivity contribution in [1.82, 2.24) is 15.2 Å². The van der Waals surface area contributed by atoms with Gasteiger partial charge in [-0.15, -0.1) is 0 Å². The molecule has 0 fully saturated rings. The summed E-state index contributed by atoms with van der Waals surface area (Å²) in [6.07, 6.45) is 4.44. The van der Waals surface area contributed by atoms with E-state index in [4.69, 9.17) is 14.6 Å². The Hall–Kier alpha value is -4.39. The maximum Gasteiger partial charge on any atom is 0.271 e. The number of para-hydroxylation sites is 1. The Morgan fingerprint density at radius 2 is 1.71 bits per heavy atom. The summed E-state index contributed by atoms with van der Waals surface area (Å²) in [4.78, 5) is 12.4. The van der Waals surface area contributed by atoms with Crippen LogP contribution in [0.1, 0.15) is 29.3 Å². The first-order valence-corrected chi connectivity index (χ1v) is 11.0. The van der Waals surface area contributed by atoms with E-state index in [1.165, 1.54) is 0 Å². The fourth-order valence-corrected chi connectivity index (χ4v) is 3.32. The van der Waals surface area contributed by atoms with Crippen LogP contribution >= 0.6 is 0 Å². The van der Waals surface area contributed by atoms with Crippen molar-refractivity contribution < 1.29 is 14.3 Å². The molecule has 0 aliphatic carbocycles. The largest absolute Gasteiger partial charge is 0.497 e. The molecule has 1 N–H and O–H groups in total. The molecule has 7 heteroatoms. The third kappa shape index (κ3) is 5.50. The monoisotopic (exact) mass is 454 g/mol. The number of nitrogens with zero attached hydrogens (tertiary/aromatic N) is 3. The first kappa shape index (κ1) is 22.8. The maximum atomic E-state index is 12.4. The summed E-state index contributed by atoms with van der Waals surface area (Å²) in [5, 5.41) is 8.95. The number of nitrogens with one attached hydrogen (secondary N) is 1. The van der Waals surface area contributed by atoms with E-state index in [-0.39, 0.29) is 5.91 Å². The number of aromatic nitrogens is 2. The van der Waals surface area contributed by atoms with Crippen LogP contribution in [0, 0.1) is 0 Å². The first-order chi connectivity index (χ1) is 16.7. The minimum Gasteiger partial charge on any atom is -0.497 e. The van der Waals surface area contributed by atoms with Crippen LogP contribution in [-0.2, 0) is 0 Å². The molecule has 172 valence electrons. The third-order valence-electron chi connectivity index (χ3n) is 5.09. The molecule has 0 bridgehead atoms. The Bertz CT molecular complexity index is 1250. The molecule has 0 radical (unpaired) electrons. The van der Waals surface area contributed by atoms with Gasteiger partial charge in [-0.25, -0.2) is 10.1 Å². The molecule has 34 heavy (non-hydrogen) atoms. The Labute approximate surface area is 198 Å². The first-order valence-electron chi connectivity index (χ1n) is 11.0. The number of ether oxygens (including phenoxy) is 2. The molecule has 0 saturated heterocycles. The highest BCUT2D eigenvalue weighted by atomic mass is 16.5. The summed E-state index contributed by atoms with van der Waals surface area (Å²) in [5.74, 6) is 1.19. The van der Waals surface area contributed by atoms with Crippen molar-refractivity contribution in [3.8, 4) is 28.4 Å². The van der Waals surface area contributed by atoms with Crippen LogP contribution in [0.3, 0.4) is 0 Å². The van der Waals surface area contributed by atoms with Gasteiger partial charge in [0.25, 0.3) is 5.91 Å². The fraction of sp³-hybridized carbons (Fsp3) is 0.148. The molecule has 0 atom stereocenters. The molecule has 0 aliphatic heterocycles. The summed E-state index contributed by atoms with van der Waals surface area (Å²) >= 11 is 0. The van der Waals surface area contributed by atoms with Gasteiger partial charge in [0.05, 0.1) is 25.6 Å². The number of methoxy groups -OCH3 is 1. The number of amides is 1.